The first-order valence-electron chi connectivity index (χ1n) is 6.31. The summed E-state index contributed by atoms with van der Waals surface area (Å²) in [6, 6.07) is 5.06. The quantitative estimate of drug-likeness (QED) is 0.879. The molecule has 0 spiro atoms. The van der Waals surface area contributed by atoms with Crippen molar-refractivity contribution in [1.82, 2.24) is 4.90 Å². The number of halogens is 2. The molecule has 1 aliphatic heterocycles. The summed E-state index contributed by atoms with van der Waals surface area (Å²) in [5.74, 6) is -0.907. The van der Waals surface area contributed by atoms with Crippen LogP contribution in [0.2, 0.25) is 5.02 Å². The molecule has 1 N–H and O–H groups in total. The number of amides is 1. The Morgan fingerprint density at radius 2 is 1.90 bits per heavy atom. The highest BCUT2D eigenvalue weighted by molar-refractivity contribution is 9.10. The molecule has 1 amide bonds. The molecule has 0 radical (unpaired) electrons. The zero-order valence-electron chi connectivity index (χ0n) is 11.0. The number of carbonyl (C=O) groups is 2. The van der Waals surface area contributed by atoms with Crippen LogP contribution in [0.1, 0.15) is 30.1 Å². The number of hydrogen-bond acceptors (Lipinski definition) is 2. The average molecular weight is 361 g/mol. The number of carboxylic acid groups (broad SMARTS) is 1. The van der Waals surface area contributed by atoms with E-state index < -0.39 is 11.4 Å². The summed E-state index contributed by atoms with van der Waals surface area (Å²) in [6.45, 7) is 2.63. The number of piperidine rings is 1. The van der Waals surface area contributed by atoms with Gasteiger partial charge in [-0.1, -0.05) is 27.5 Å². The van der Waals surface area contributed by atoms with E-state index in [2.05, 4.69) is 15.9 Å². The SMILES string of the molecule is CC1(C(=O)O)CCN(C(=O)c2cc(Cl)cc(Br)c2)CC1. The fourth-order valence-electron chi connectivity index (χ4n) is 2.28. The van der Waals surface area contributed by atoms with Gasteiger partial charge in [0.05, 0.1) is 5.41 Å². The zero-order chi connectivity index (χ0) is 14.9. The van der Waals surface area contributed by atoms with Crippen LogP contribution in [0.15, 0.2) is 22.7 Å². The maximum absolute atomic E-state index is 12.4. The highest BCUT2D eigenvalue weighted by Crippen LogP contribution is 2.32. The third-order valence-corrected chi connectivity index (χ3v) is 4.46. The van der Waals surface area contributed by atoms with Crippen molar-refractivity contribution < 1.29 is 14.7 Å². The Morgan fingerprint density at radius 1 is 1.30 bits per heavy atom. The van der Waals surface area contributed by atoms with Gasteiger partial charge >= 0.3 is 5.97 Å². The van der Waals surface area contributed by atoms with Crippen LogP contribution < -0.4 is 0 Å². The molecule has 4 nitrogen and oxygen atoms in total. The van der Waals surface area contributed by atoms with Crippen LogP contribution in [0.25, 0.3) is 0 Å². The number of benzene rings is 1. The molecule has 1 aromatic rings. The van der Waals surface area contributed by atoms with Gasteiger partial charge in [0.1, 0.15) is 0 Å². The molecule has 1 fully saturated rings. The summed E-state index contributed by atoms with van der Waals surface area (Å²) in [5.41, 5.74) is -0.214. The predicted molar refractivity (Wildman–Crippen MR) is 80.0 cm³/mol. The lowest BCUT2D eigenvalue weighted by molar-refractivity contribution is -0.150. The van der Waals surface area contributed by atoms with Gasteiger partial charge in [-0.25, -0.2) is 0 Å². The van der Waals surface area contributed by atoms with Gasteiger partial charge in [-0.15, -0.1) is 0 Å². The van der Waals surface area contributed by atoms with Crippen LogP contribution in [0.3, 0.4) is 0 Å². The molecule has 1 aliphatic rings. The summed E-state index contributed by atoms with van der Waals surface area (Å²) < 4.78 is 0.751. The van der Waals surface area contributed by atoms with Crippen LogP contribution in [-0.4, -0.2) is 35.0 Å². The average Bonchev–Trinajstić information content (AvgIpc) is 2.37. The number of carbonyl (C=O) groups excluding carboxylic acids is 1. The Hall–Kier alpha value is -1.07. The molecule has 1 saturated heterocycles. The largest absolute Gasteiger partial charge is 0.481 e. The minimum Gasteiger partial charge on any atom is -0.481 e. The first-order valence-corrected chi connectivity index (χ1v) is 7.48. The Balaban J connectivity index is 2.10. The topological polar surface area (TPSA) is 57.6 Å². The molecule has 0 unspecified atom stereocenters. The van der Waals surface area contributed by atoms with Gasteiger partial charge in [-0.2, -0.15) is 0 Å². The molecule has 20 heavy (non-hydrogen) atoms. The number of carboxylic acids is 1. The van der Waals surface area contributed by atoms with Crippen molar-refractivity contribution in [3.05, 3.63) is 33.3 Å². The summed E-state index contributed by atoms with van der Waals surface area (Å²) >= 11 is 9.25. The third-order valence-electron chi connectivity index (χ3n) is 3.78. The van der Waals surface area contributed by atoms with E-state index in [1.165, 1.54) is 0 Å². The molecule has 2 rings (SSSR count). The normalized spacial score (nSPS) is 17.9. The number of aliphatic carboxylic acids is 1. The first-order chi connectivity index (χ1) is 9.32. The lowest BCUT2D eigenvalue weighted by atomic mass is 9.80. The smallest absolute Gasteiger partial charge is 0.309 e. The first kappa shape index (κ1) is 15.3. The summed E-state index contributed by atoms with van der Waals surface area (Å²) in [4.78, 5) is 25.3. The number of nitrogens with zero attached hydrogens (tertiary/aromatic N) is 1. The van der Waals surface area contributed by atoms with Gasteiger partial charge in [0.2, 0.25) is 0 Å². The van der Waals surface area contributed by atoms with Crippen molar-refractivity contribution in [1.29, 1.82) is 0 Å². The van der Waals surface area contributed by atoms with Gasteiger partial charge in [-0.3, -0.25) is 9.59 Å². The van der Waals surface area contributed by atoms with E-state index in [9.17, 15) is 14.7 Å². The van der Waals surface area contributed by atoms with Crippen LogP contribution in [0, 0.1) is 5.41 Å². The molecule has 1 heterocycles. The van der Waals surface area contributed by atoms with E-state index in [1.807, 2.05) is 0 Å². The van der Waals surface area contributed by atoms with Crippen LogP contribution in [0.5, 0.6) is 0 Å². The van der Waals surface area contributed by atoms with Gasteiger partial charge in [0.25, 0.3) is 5.91 Å². The Bertz CT molecular complexity index is 533. The second kappa shape index (κ2) is 5.74. The fraction of sp³-hybridized carbons (Fsp3) is 0.429. The minimum atomic E-state index is -0.796. The van der Waals surface area contributed by atoms with Crippen LogP contribution in [0.4, 0.5) is 0 Å². The van der Waals surface area contributed by atoms with Crippen LogP contribution in [-0.2, 0) is 4.79 Å². The third kappa shape index (κ3) is 3.15. The lowest BCUT2D eigenvalue weighted by Gasteiger charge is -2.36. The minimum absolute atomic E-state index is 0.111. The zero-order valence-corrected chi connectivity index (χ0v) is 13.4. The molecule has 1 aromatic carbocycles. The molecular formula is C14H15BrClNO3. The van der Waals surface area contributed by atoms with Crippen molar-refractivity contribution >= 4 is 39.4 Å². The van der Waals surface area contributed by atoms with E-state index in [4.69, 9.17) is 11.6 Å². The highest BCUT2D eigenvalue weighted by atomic mass is 79.9. The fourth-order valence-corrected chi connectivity index (χ4v) is 3.14. The predicted octanol–water partition coefficient (Wildman–Crippen LogP) is 3.43. The van der Waals surface area contributed by atoms with Crippen molar-refractivity contribution in [2.24, 2.45) is 5.41 Å². The lowest BCUT2D eigenvalue weighted by Crippen LogP contribution is -2.45. The second-order valence-corrected chi connectivity index (χ2v) is 6.67. The van der Waals surface area contributed by atoms with Crippen molar-refractivity contribution in [2.75, 3.05) is 13.1 Å². The maximum atomic E-state index is 12.4. The Morgan fingerprint density at radius 3 is 2.40 bits per heavy atom. The summed E-state index contributed by atoms with van der Waals surface area (Å²) in [7, 11) is 0. The van der Waals surface area contributed by atoms with E-state index in [1.54, 1.807) is 30.0 Å². The standard InChI is InChI=1S/C14H15BrClNO3/c1-14(13(19)20)2-4-17(5-3-14)12(18)9-6-10(15)8-11(16)7-9/h6-8H,2-5H2,1H3,(H,19,20). The van der Waals surface area contributed by atoms with Gasteiger partial charge in [0, 0.05) is 28.1 Å². The van der Waals surface area contributed by atoms with Gasteiger partial charge < -0.3 is 10.0 Å². The molecule has 108 valence electrons. The molecule has 0 aromatic heterocycles. The van der Waals surface area contributed by atoms with E-state index in [-0.39, 0.29) is 5.91 Å². The van der Waals surface area contributed by atoms with Gasteiger partial charge in [0.15, 0.2) is 0 Å². The maximum Gasteiger partial charge on any atom is 0.309 e. The van der Waals surface area contributed by atoms with Crippen molar-refractivity contribution in [3.8, 4) is 0 Å². The molecule has 0 aliphatic carbocycles. The number of rotatable bonds is 2. The Kier molecular flexibility index (Phi) is 4.39. The highest BCUT2D eigenvalue weighted by Gasteiger charge is 2.38. The Labute approximate surface area is 130 Å². The van der Waals surface area contributed by atoms with E-state index >= 15 is 0 Å². The summed E-state index contributed by atoms with van der Waals surface area (Å²) in [6.07, 6.45) is 0.936. The van der Waals surface area contributed by atoms with Crippen molar-refractivity contribution in [2.45, 2.75) is 19.8 Å². The molecule has 0 saturated carbocycles. The summed E-state index contributed by atoms with van der Waals surface area (Å²) in [5, 5.41) is 9.68. The van der Waals surface area contributed by atoms with Crippen molar-refractivity contribution in [3.63, 3.8) is 0 Å². The van der Waals surface area contributed by atoms with E-state index in [0.717, 1.165) is 4.47 Å². The monoisotopic (exact) mass is 359 g/mol. The second-order valence-electron chi connectivity index (χ2n) is 5.32. The molecule has 0 atom stereocenters. The van der Waals surface area contributed by atoms with E-state index in [0.29, 0.717) is 36.5 Å². The number of likely N-dealkylation sites (tertiary alicyclic amines) is 1. The molecule has 0 bridgehead atoms. The number of hydrogen-bond donors (Lipinski definition) is 1. The molecule has 6 heteroatoms. The van der Waals surface area contributed by atoms with Crippen LogP contribution >= 0.6 is 27.5 Å². The van der Waals surface area contributed by atoms with Gasteiger partial charge in [-0.05, 0) is 38.0 Å². The molecular weight excluding hydrogens is 346 g/mol.